The van der Waals surface area contributed by atoms with Crippen molar-refractivity contribution in [1.82, 2.24) is 0 Å². The van der Waals surface area contributed by atoms with E-state index in [1.165, 1.54) is 51.4 Å². The van der Waals surface area contributed by atoms with Crippen molar-refractivity contribution in [3.63, 3.8) is 0 Å². The van der Waals surface area contributed by atoms with E-state index < -0.39 is 16.1 Å². The normalized spacial score (nSPS) is 13.9. The van der Waals surface area contributed by atoms with E-state index in [1.54, 1.807) is 0 Å². The Hall–Kier alpha value is -2.03. The van der Waals surface area contributed by atoms with E-state index in [2.05, 4.69) is 118 Å². The highest BCUT2D eigenvalue weighted by molar-refractivity contribution is 6.84. The molecule has 0 fully saturated rings. The predicted molar refractivity (Wildman–Crippen MR) is 242 cm³/mol. The van der Waals surface area contributed by atoms with E-state index in [4.69, 9.17) is 18.9 Å². The van der Waals surface area contributed by atoms with Crippen LogP contribution in [-0.2, 0) is 0 Å². The van der Waals surface area contributed by atoms with Gasteiger partial charge < -0.3 is 18.9 Å². The van der Waals surface area contributed by atoms with Crippen molar-refractivity contribution in [2.24, 2.45) is 23.7 Å². The Morgan fingerprint density at radius 2 is 0.611 bits per heavy atom. The number of hydrogen-bond donors (Lipinski definition) is 0. The average molecular weight is 783 g/mol. The first-order valence-electron chi connectivity index (χ1n) is 22.5. The van der Waals surface area contributed by atoms with Crippen molar-refractivity contribution in [2.45, 2.75) is 197 Å². The minimum atomic E-state index is -1.80. The van der Waals surface area contributed by atoms with Gasteiger partial charge in [-0.15, -0.1) is 11.1 Å². The molecule has 4 unspecified atom stereocenters. The maximum Gasteiger partial charge on any atom is 0.182 e. The summed E-state index contributed by atoms with van der Waals surface area (Å²) in [6, 6.07) is 0. The lowest BCUT2D eigenvalue weighted by atomic mass is 9.99. The van der Waals surface area contributed by atoms with Crippen LogP contribution >= 0.6 is 0 Å². The topological polar surface area (TPSA) is 36.9 Å². The molecule has 1 aromatic rings. The Kier molecular flexibility index (Phi) is 25.5. The summed E-state index contributed by atoms with van der Waals surface area (Å²) < 4.78 is 28.4. The van der Waals surface area contributed by atoms with Gasteiger partial charge in [-0.3, -0.25) is 0 Å². The highest BCUT2D eigenvalue weighted by Crippen LogP contribution is 2.49. The summed E-state index contributed by atoms with van der Waals surface area (Å²) in [5, 5.41) is 0. The lowest BCUT2D eigenvalue weighted by Gasteiger charge is -2.27. The fourth-order valence-electron chi connectivity index (χ4n) is 6.34. The largest absolute Gasteiger partial charge is 0.488 e. The molecular formula is C48H86O4Si2. The fraction of sp³-hybridized carbons (Fsp3) is 0.792. The molecule has 1 rings (SSSR count). The molecule has 0 N–H and O–H groups in total. The van der Waals surface area contributed by atoms with Crippen LogP contribution in [0.25, 0.3) is 0 Å². The molecule has 1 aromatic carbocycles. The summed E-state index contributed by atoms with van der Waals surface area (Å²) in [6.45, 7) is 34.5. The van der Waals surface area contributed by atoms with Gasteiger partial charge in [0.2, 0.25) is 0 Å². The summed E-state index contributed by atoms with van der Waals surface area (Å²) in [5.74, 6) is 12.0. The zero-order valence-electron chi connectivity index (χ0n) is 38.1. The minimum Gasteiger partial charge on any atom is -0.488 e. The van der Waals surface area contributed by atoms with Gasteiger partial charge in [-0.25, -0.2) is 0 Å². The van der Waals surface area contributed by atoms with E-state index >= 15 is 0 Å². The van der Waals surface area contributed by atoms with Crippen LogP contribution in [0.15, 0.2) is 0 Å². The van der Waals surface area contributed by atoms with Gasteiger partial charge in [0.05, 0.1) is 26.4 Å². The van der Waals surface area contributed by atoms with Crippen LogP contribution in [0.5, 0.6) is 23.0 Å². The molecule has 310 valence electrons. The van der Waals surface area contributed by atoms with Gasteiger partial charge in [-0.05, 0) is 49.4 Å². The maximum atomic E-state index is 7.09. The van der Waals surface area contributed by atoms with Crippen LogP contribution in [0.2, 0.25) is 39.3 Å². The van der Waals surface area contributed by atoms with Gasteiger partial charge in [0.1, 0.15) is 27.3 Å². The number of hydrogen-bond acceptors (Lipinski definition) is 4. The van der Waals surface area contributed by atoms with E-state index in [9.17, 15) is 0 Å². The van der Waals surface area contributed by atoms with Gasteiger partial charge in [-0.1, -0.05) is 184 Å². The van der Waals surface area contributed by atoms with Gasteiger partial charge in [0.25, 0.3) is 0 Å². The second-order valence-electron chi connectivity index (χ2n) is 18.0. The molecule has 0 radical (unpaired) electrons. The van der Waals surface area contributed by atoms with Crippen LogP contribution in [-0.4, -0.2) is 42.6 Å². The monoisotopic (exact) mass is 783 g/mol. The predicted octanol–water partition coefficient (Wildman–Crippen LogP) is 14.5. The fourth-order valence-corrected chi connectivity index (χ4v) is 7.34. The van der Waals surface area contributed by atoms with Crippen molar-refractivity contribution in [2.75, 3.05) is 26.4 Å². The third-order valence-corrected chi connectivity index (χ3v) is 12.2. The molecule has 0 aliphatic carbocycles. The van der Waals surface area contributed by atoms with Crippen molar-refractivity contribution in [3.05, 3.63) is 11.1 Å². The molecule has 0 heterocycles. The van der Waals surface area contributed by atoms with E-state index in [0.29, 0.717) is 73.1 Å². The van der Waals surface area contributed by atoms with E-state index in [0.717, 1.165) is 62.5 Å². The molecule has 0 saturated carbocycles. The van der Waals surface area contributed by atoms with E-state index in [-0.39, 0.29) is 0 Å². The molecule has 54 heavy (non-hydrogen) atoms. The first-order valence-corrected chi connectivity index (χ1v) is 29.5. The minimum absolute atomic E-state index is 0.447. The second kappa shape index (κ2) is 27.6. The van der Waals surface area contributed by atoms with Crippen molar-refractivity contribution in [3.8, 4) is 45.9 Å². The Bertz CT molecular complexity index is 1120. The standard InChI is InChI=1S/C48H86O4Si2/c1-15-23-27-39(19-5)35-49-45-43(31-33-53(9,10)11)47(51-37-41(21-7)29-25-17-3)48(52-38-42(22-8)30-26-18-4)44(32-34-54(12,13)14)46(45)50-36-40(20-6)28-24-16-2/h39-42H,15-30,35-38H2,1-14H3. The molecule has 4 atom stereocenters. The highest BCUT2D eigenvalue weighted by atomic mass is 28.3. The third kappa shape index (κ3) is 19.7. The Balaban J connectivity index is 4.42. The molecule has 0 saturated heterocycles. The van der Waals surface area contributed by atoms with Crippen LogP contribution in [0.1, 0.15) is 169 Å². The van der Waals surface area contributed by atoms with Crippen LogP contribution < -0.4 is 18.9 Å². The highest BCUT2D eigenvalue weighted by Gasteiger charge is 2.31. The molecule has 0 aromatic heterocycles. The first-order chi connectivity index (χ1) is 25.7. The Morgan fingerprint density at radius 3 is 0.778 bits per heavy atom. The van der Waals surface area contributed by atoms with Gasteiger partial charge in [0.15, 0.2) is 23.0 Å². The summed E-state index contributed by atoms with van der Waals surface area (Å²) in [6.07, 6.45) is 18.4. The van der Waals surface area contributed by atoms with E-state index in [1.807, 2.05) is 0 Å². The Labute approximate surface area is 338 Å². The summed E-state index contributed by atoms with van der Waals surface area (Å²) in [7, 11) is -3.61. The van der Waals surface area contributed by atoms with Crippen molar-refractivity contribution >= 4 is 16.1 Å². The molecule has 0 spiro atoms. The quantitative estimate of drug-likeness (QED) is 0.0627. The molecular weight excluding hydrogens is 697 g/mol. The summed E-state index contributed by atoms with van der Waals surface area (Å²) in [5.41, 5.74) is 9.02. The SMILES string of the molecule is CCCCC(CC)COc1c(C#C[Si](C)(C)C)c(OCC(CC)CCCC)c(OCC(CC)CCCC)c(C#C[Si](C)(C)C)c1OCC(CC)CCCC. The molecule has 0 bridgehead atoms. The van der Waals surface area contributed by atoms with Gasteiger partial charge in [-0.2, -0.15) is 0 Å². The number of benzene rings is 1. The third-order valence-electron chi connectivity index (χ3n) is 10.5. The van der Waals surface area contributed by atoms with Crippen molar-refractivity contribution < 1.29 is 18.9 Å². The second-order valence-corrected chi connectivity index (χ2v) is 27.5. The van der Waals surface area contributed by atoms with Gasteiger partial charge >= 0.3 is 0 Å². The van der Waals surface area contributed by atoms with Crippen LogP contribution in [0.4, 0.5) is 0 Å². The average Bonchev–Trinajstić information content (AvgIpc) is 3.13. The van der Waals surface area contributed by atoms with Crippen LogP contribution in [0, 0.1) is 46.6 Å². The summed E-state index contributed by atoms with van der Waals surface area (Å²) >= 11 is 0. The number of ether oxygens (including phenoxy) is 4. The first kappa shape index (κ1) is 50.0. The molecule has 6 heteroatoms. The Morgan fingerprint density at radius 1 is 0.389 bits per heavy atom. The molecule has 0 aliphatic rings. The van der Waals surface area contributed by atoms with Crippen molar-refractivity contribution in [1.29, 1.82) is 0 Å². The zero-order chi connectivity index (χ0) is 40.6. The maximum absolute atomic E-state index is 7.09. The van der Waals surface area contributed by atoms with Gasteiger partial charge in [0, 0.05) is 0 Å². The smallest absolute Gasteiger partial charge is 0.182 e. The molecule has 0 amide bonds. The zero-order valence-corrected chi connectivity index (χ0v) is 40.1. The number of rotatable bonds is 28. The molecule has 4 nitrogen and oxygen atoms in total. The summed E-state index contributed by atoms with van der Waals surface area (Å²) in [4.78, 5) is 0. The van der Waals surface area contributed by atoms with Crippen LogP contribution in [0.3, 0.4) is 0 Å². The number of unbranched alkanes of at least 4 members (excludes halogenated alkanes) is 4. The lowest BCUT2D eigenvalue weighted by molar-refractivity contribution is 0.183. The molecule has 0 aliphatic heterocycles. The lowest BCUT2D eigenvalue weighted by Crippen LogP contribution is -2.20.